The number of nitrogens with zero attached hydrogens (tertiary/aromatic N) is 1. The molecule has 4 nitrogen and oxygen atoms in total. The van der Waals surface area contributed by atoms with E-state index in [4.69, 9.17) is 0 Å². The number of hydrogen-bond acceptors (Lipinski definition) is 4. The maximum atomic E-state index is 13.1. The van der Waals surface area contributed by atoms with E-state index < -0.39 is 0 Å². The molecular formula is C19H25NO3. The van der Waals surface area contributed by atoms with Crippen molar-refractivity contribution in [3.8, 4) is 0 Å². The first-order valence-electron chi connectivity index (χ1n) is 8.88. The van der Waals surface area contributed by atoms with Crippen molar-refractivity contribution in [2.24, 2.45) is 33.7 Å². The molecule has 4 rings (SSSR count). The predicted molar refractivity (Wildman–Crippen MR) is 86.3 cm³/mol. The summed E-state index contributed by atoms with van der Waals surface area (Å²) >= 11 is 0. The van der Waals surface area contributed by atoms with Gasteiger partial charge < -0.3 is 5.21 Å². The molecule has 0 aromatic rings. The Morgan fingerprint density at radius 2 is 1.91 bits per heavy atom. The van der Waals surface area contributed by atoms with Gasteiger partial charge in [-0.2, -0.15) is 0 Å². The van der Waals surface area contributed by atoms with Crippen LogP contribution in [0.3, 0.4) is 0 Å². The lowest BCUT2D eigenvalue weighted by Gasteiger charge is -2.55. The topological polar surface area (TPSA) is 66.7 Å². The Hall–Kier alpha value is -1.45. The van der Waals surface area contributed by atoms with Crippen molar-refractivity contribution in [1.29, 1.82) is 0 Å². The Bertz CT molecular complexity index is 649. The molecule has 0 spiro atoms. The van der Waals surface area contributed by atoms with Gasteiger partial charge in [0.05, 0.1) is 5.71 Å². The lowest BCUT2D eigenvalue weighted by Crippen LogP contribution is -2.55. The highest BCUT2D eigenvalue weighted by atomic mass is 16.4. The van der Waals surface area contributed by atoms with Gasteiger partial charge in [0.2, 0.25) is 0 Å². The SMILES string of the molecule is C[C@]12CCC(=O)C=C1CC[C@@H]1[C@@H]2C(=O)C[C@]2(C)C(=NO)CC[C@@H]12. The molecule has 23 heavy (non-hydrogen) atoms. The van der Waals surface area contributed by atoms with Crippen LogP contribution >= 0.6 is 0 Å². The van der Waals surface area contributed by atoms with Crippen LogP contribution in [0.1, 0.15) is 58.8 Å². The van der Waals surface area contributed by atoms with Crippen LogP contribution in [0.25, 0.3) is 0 Å². The monoisotopic (exact) mass is 315 g/mol. The number of Topliss-reactive ketones (excluding diaryl/α,β-unsaturated/α-hetero) is 1. The highest BCUT2D eigenvalue weighted by Gasteiger charge is 2.61. The molecule has 3 fully saturated rings. The Balaban J connectivity index is 1.76. The van der Waals surface area contributed by atoms with Crippen molar-refractivity contribution >= 4 is 17.3 Å². The number of ketones is 2. The van der Waals surface area contributed by atoms with Crippen LogP contribution in [0.15, 0.2) is 16.8 Å². The average Bonchev–Trinajstić information content (AvgIpc) is 2.83. The third-order valence-corrected chi connectivity index (χ3v) is 7.52. The summed E-state index contributed by atoms with van der Waals surface area (Å²) in [5.74, 6) is 1.40. The molecule has 0 aromatic heterocycles. The normalized spacial score (nSPS) is 47.8. The van der Waals surface area contributed by atoms with Gasteiger partial charge >= 0.3 is 0 Å². The van der Waals surface area contributed by atoms with Crippen LogP contribution < -0.4 is 0 Å². The van der Waals surface area contributed by atoms with Crippen LogP contribution in [0, 0.1) is 28.6 Å². The quantitative estimate of drug-likeness (QED) is 0.549. The van der Waals surface area contributed by atoms with Crippen molar-refractivity contribution < 1.29 is 14.8 Å². The van der Waals surface area contributed by atoms with Crippen LogP contribution in [0.4, 0.5) is 0 Å². The highest BCUT2D eigenvalue weighted by molar-refractivity contribution is 5.99. The summed E-state index contributed by atoms with van der Waals surface area (Å²) in [5.41, 5.74) is 1.64. The second kappa shape index (κ2) is 4.78. The number of carbonyl (C=O) groups excluding carboxylic acids is 2. The van der Waals surface area contributed by atoms with E-state index in [0.29, 0.717) is 30.5 Å². The van der Waals surface area contributed by atoms with Gasteiger partial charge in [-0.05, 0) is 55.4 Å². The first kappa shape index (κ1) is 15.1. The van der Waals surface area contributed by atoms with E-state index >= 15 is 0 Å². The Morgan fingerprint density at radius 3 is 2.65 bits per heavy atom. The Kier molecular flexibility index (Phi) is 3.14. The maximum absolute atomic E-state index is 13.1. The summed E-state index contributed by atoms with van der Waals surface area (Å²) in [6.45, 7) is 4.32. The van der Waals surface area contributed by atoms with Gasteiger partial charge in [0.15, 0.2) is 5.78 Å². The average molecular weight is 315 g/mol. The second-order valence-corrected chi connectivity index (χ2v) is 8.49. The molecule has 0 radical (unpaired) electrons. The van der Waals surface area contributed by atoms with E-state index in [2.05, 4.69) is 19.0 Å². The van der Waals surface area contributed by atoms with E-state index in [-0.39, 0.29) is 22.5 Å². The molecule has 5 atom stereocenters. The van der Waals surface area contributed by atoms with E-state index in [1.54, 1.807) is 0 Å². The Morgan fingerprint density at radius 1 is 1.13 bits per heavy atom. The fraction of sp³-hybridized carbons (Fsp3) is 0.737. The van der Waals surface area contributed by atoms with Crippen molar-refractivity contribution in [3.05, 3.63) is 11.6 Å². The van der Waals surface area contributed by atoms with Gasteiger partial charge in [-0.15, -0.1) is 0 Å². The van der Waals surface area contributed by atoms with Gasteiger partial charge in [-0.3, -0.25) is 9.59 Å². The first-order valence-corrected chi connectivity index (χ1v) is 8.88. The summed E-state index contributed by atoms with van der Waals surface area (Å²) in [4.78, 5) is 24.9. The first-order chi connectivity index (χ1) is 10.9. The van der Waals surface area contributed by atoms with E-state index in [9.17, 15) is 14.8 Å². The predicted octanol–water partition coefficient (Wildman–Crippen LogP) is 3.53. The van der Waals surface area contributed by atoms with Crippen molar-refractivity contribution in [2.45, 2.75) is 58.8 Å². The smallest absolute Gasteiger partial charge is 0.155 e. The van der Waals surface area contributed by atoms with E-state index in [0.717, 1.165) is 37.8 Å². The fourth-order valence-corrected chi connectivity index (χ4v) is 6.34. The zero-order chi connectivity index (χ0) is 16.4. The third kappa shape index (κ3) is 1.87. The fourth-order valence-electron chi connectivity index (χ4n) is 6.34. The minimum absolute atomic E-state index is 0.0479. The minimum Gasteiger partial charge on any atom is -0.411 e. The third-order valence-electron chi connectivity index (χ3n) is 7.52. The number of rotatable bonds is 0. The van der Waals surface area contributed by atoms with Crippen LogP contribution in [-0.4, -0.2) is 22.5 Å². The molecule has 4 heteroatoms. The van der Waals surface area contributed by atoms with Gasteiger partial charge in [-0.25, -0.2) is 0 Å². The Labute approximate surface area is 137 Å². The minimum atomic E-state index is -0.255. The zero-order valence-corrected chi connectivity index (χ0v) is 14.0. The van der Waals surface area contributed by atoms with Gasteiger partial charge in [0.1, 0.15) is 5.78 Å². The molecule has 0 bridgehead atoms. The number of oxime groups is 1. The standard InChI is InChI=1S/C19H25NO3/c1-18-8-7-12(21)9-11(18)3-4-13-14-5-6-16(20-23)19(14,2)10-15(22)17(13)18/h9,13-14,17,23H,3-8,10H2,1-2H3/t13-,14-,17+,18-,19-/m0/s1. The number of allylic oxidation sites excluding steroid dienone is 1. The summed E-state index contributed by atoms with van der Waals surface area (Å²) in [6, 6.07) is 0. The molecule has 4 aliphatic rings. The van der Waals surface area contributed by atoms with Crippen molar-refractivity contribution in [2.75, 3.05) is 0 Å². The lowest BCUT2D eigenvalue weighted by molar-refractivity contribution is -0.141. The largest absolute Gasteiger partial charge is 0.411 e. The maximum Gasteiger partial charge on any atom is 0.155 e. The number of hydrogen-bond donors (Lipinski definition) is 1. The van der Waals surface area contributed by atoms with Gasteiger partial charge in [0, 0.05) is 24.2 Å². The van der Waals surface area contributed by atoms with Crippen molar-refractivity contribution in [3.63, 3.8) is 0 Å². The van der Waals surface area contributed by atoms with Gasteiger partial charge in [0.25, 0.3) is 0 Å². The lowest BCUT2D eigenvalue weighted by atomic mass is 9.47. The van der Waals surface area contributed by atoms with Crippen molar-refractivity contribution in [1.82, 2.24) is 0 Å². The second-order valence-electron chi connectivity index (χ2n) is 8.49. The van der Waals surface area contributed by atoms with Gasteiger partial charge in [-0.1, -0.05) is 24.6 Å². The molecular weight excluding hydrogens is 290 g/mol. The molecule has 3 saturated carbocycles. The molecule has 0 saturated heterocycles. The highest BCUT2D eigenvalue weighted by Crippen LogP contribution is 2.63. The molecule has 0 amide bonds. The van der Waals surface area contributed by atoms with E-state index in [1.165, 1.54) is 5.57 Å². The zero-order valence-electron chi connectivity index (χ0n) is 14.0. The molecule has 124 valence electrons. The van der Waals surface area contributed by atoms with Crippen LogP contribution in [-0.2, 0) is 9.59 Å². The molecule has 0 unspecified atom stereocenters. The summed E-state index contributed by atoms with van der Waals surface area (Å²) < 4.78 is 0. The summed E-state index contributed by atoms with van der Waals surface area (Å²) in [5, 5.41) is 12.9. The van der Waals surface area contributed by atoms with Crippen LogP contribution in [0.2, 0.25) is 0 Å². The van der Waals surface area contributed by atoms with Crippen LogP contribution in [0.5, 0.6) is 0 Å². The van der Waals surface area contributed by atoms with E-state index in [1.807, 2.05) is 6.08 Å². The summed E-state index contributed by atoms with van der Waals surface area (Å²) in [6.07, 6.45) is 7.48. The molecule has 0 aromatic carbocycles. The molecule has 0 aliphatic heterocycles. The number of carbonyl (C=O) groups is 2. The molecule has 1 N–H and O–H groups in total. The molecule has 4 aliphatic carbocycles. The number of fused-ring (bicyclic) bond motifs is 5. The summed E-state index contributed by atoms with van der Waals surface area (Å²) in [7, 11) is 0. The molecule has 0 heterocycles.